The molecule has 0 aromatic carbocycles. The minimum atomic E-state index is -0.658. The van der Waals surface area contributed by atoms with Gasteiger partial charge in [0, 0.05) is 6.42 Å². The maximum atomic E-state index is 10.3. The number of hydrogen-bond acceptors (Lipinski definition) is 2. The molecule has 0 unspecified atom stereocenters. The summed E-state index contributed by atoms with van der Waals surface area (Å²) in [7, 11) is 6.76. The molecular weight excluding hydrogens is 254 g/mol. The Balaban J connectivity index is 0. The Morgan fingerprint density at radius 3 is 1.45 bits per heavy atom. The van der Waals surface area contributed by atoms with E-state index in [0.29, 0.717) is 6.42 Å². The van der Waals surface area contributed by atoms with Crippen LogP contribution in [0.4, 0.5) is 0 Å². The normalized spacial score (nSPS) is 11.2. The van der Waals surface area contributed by atoms with Gasteiger partial charge in [-0.3, -0.25) is 4.79 Å². The van der Waals surface area contributed by atoms with Gasteiger partial charge in [0.05, 0.1) is 27.7 Å². The minimum Gasteiger partial charge on any atom is -0.870 e. The molecule has 0 aliphatic carbocycles. The molecule has 0 atom stereocenters. The fraction of sp³-hybridized carbons (Fsp3) is 0.938. The predicted octanol–water partition coefficient (Wildman–Crippen LogP) is 3.89. The van der Waals surface area contributed by atoms with Crippen LogP contribution in [0.15, 0.2) is 0 Å². The van der Waals surface area contributed by atoms with Gasteiger partial charge in [-0.2, -0.15) is 0 Å². The molecule has 0 aliphatic rings. The van der Waals surface area contributed by atoms with E-state index < -0.39 is 5.97 Å². The molecule has 0 radical (unpaired) electrons. The van der Waals surface area contributed by atoms with E-state index in [1.165, 1.54) is 57.9 Å². The maximum absolute atomic E-state index is 10.3. The lowest BCUT2D eigenvalue weighted by Crippen LogP contribution is -2.35. The van der Waals surface area contributed by atoms with Gasteiger partial charge in [-0.1, -0.05) is 44.9 Å². The van der Waals surface area contributed by atoms with Crippen molar-refractivity contribution in [3.8, 4) is 0 Å². The average molecular weight is 289 g/mol. The van der Waals surface area contributed by atoms with Gasteiger partial charge < -0.3 is 15.1 Å². The number of quaternary nitrogens is 1. The lowest BCUT2D eigenvalue weighted by molar-refractivity contribution is -0.870. The molecule has 20 heavy (non-hydrogen) atoms. The number of nitrogens with zero attached hydrogens (tertiary/aromatic N) is 1. The highest BCUT2D eigenvalue weighted by molar-refractivity contribution is 5.66. The van der Waals surface area contributed by atoms with Crippen molar-refractivity contribution in [2.24, 2.45) is 0 Å². The highest BCUT2D eigenvalue weighted by Gasteiger charge is 2.04. The smallest absolute Gasteiger partial charge is 0.303 e. The number of rotatable bonds is 13. The highest BCUT2D eigenvalue weighted by atomic mass is 16.4. The third-order valence-corrected chi connectivity index (χ3v) is 3.47. The van der Waals surface area contributed by atoms with Crippen LogP contribution in [0, 0.1) is 0 Å². The van der Waals surface area contributed by atoms with Gasteiger partial charge in [-0.05, 0) is 19.3 Å². The summed E-state index contributed by atoms with van der Waals surface area (Å²) in [5.41, 5.74) is 0. The molecule has 0 rings (SSSR count). The summed E-state index contributed by atoms with van der Waals surface area (Å²) in [4.78, 5) is 10.3. The number of carboxylic acid groups (broad SMARTS) is 1. The Morgan fingerprint density at radius 1 is 0.750 bits per heavy atom. The summed E-state index contributed by atoms with van der Waals surface area (Å²) >= 11 is 0. The summed E-state index contributed by atoms with van der Waals surface area (Å²) in [6.07, 6.45) is 12.9. The van der Waals surface area contributed by atoms with E-state index in [-0.39, 0.29) is 5.48 Å². The number of carbonyl (C=O) groups is 1. The van der Waals surface area contributed by atoms with Gasteiger partial charge in [0.1, 0.15) is 0 Å². The van der Waals surface area contributed by atoms with Gasteiger partial charge in [0.15, 0.2) is 0 Å². The quantitative estimate of drug-likeness (QED) is 0.413. The fourth-order valence-electron chi connectivity index (χ4n) is 2.28. The first kappa shape index (κ1) is 21.7. The monoisotopic (exact) mass is 289 g/mol. The lowest BCUT2D eigenvalue weighted by Gasteiger charge is -2.23. The lowest BCUT2D eigenvalue weighted by atomic mass is 10.1. The van der Waals surface area contributed by atoms with E-state index in [1.807, 2.05) is 0 Å². The molecule has 0 aliphatic heterocycles. The molecule has 0 saturated heterocycles. The summed E-state index contributed by atoms with van der Waals surface area (Å²) in [5.74, 6) is -0.658. The van der Waals surface area contributed by atoms with Crippen molar-refractivity contribution in [2.45, 2.75) is 70.6 Å². The Kier molecular flexibility index (Phi) is 14.5. The Morgan fingerprint density at radius 2 is 1.10 bits per heavy atom. The van der Waals surface area contributed by atoms with Gasteiger partial charge in [0.25, 0.3) is 0 Å². The highest BCUT2D eigenvalue weighted by Crippen LogP contribution is 2.11. The van der Waals surface area contributed by atoms with Crippen molar-refractivity contribution in [3.05, 3.63) is 0 Å². The van der Waals surface area contributed by atoms with Crippen LogP contribution in [0.2, 0.25) is 0 Å². The molecule has 0 fully saturated rings. The molecule has 4 heteroatoms. The second kappa shape index (κ2) is 13.4. The van der Waals surface area contributed by atoms with Crippen LogP contribution in [-0.4, -0.2) is 48.7 Å². The maximum Gasteiger partial charge on any atom is 0.303 e. The molecular formula is C16H35NO3. The second-order valence-corrected chi connectivity index (χ2v) is 6.69. The Bertz CT molecular complexity index is 224. The second-order valence-electron chi connectivity index (χ2n) is 6.69. The van der Waals surface area contributed by atoms with Crippen LogP contribution in [0.25, 0.3) is 0 Å². The molecule has 0 aromatic heterocycles. The van der Waals surface area contributed by atoms with Gasteiger partial charge in [0.2, 0.25) is 0 Å². The zero-order chi connectivity index (χ0) is 14.6. The van der Waals surface area contributed by atoms with E-state index in [1.54, 1.807) is 0 Å². The molecule has 0 spiro atoms. The van der Waals surface area contributed by atoms with Crippen molar-refractivity contribution in [2.75, 3.05) is 27.7 Å². The Hall–Kier alpha value is -0.610. The van der Waals surface area contributed by atoms with Crippen molar-refractivity contribution >= 4 is 5.97 Å². The summed E-state index contributed by atoms with van der Waals surface area (Å²) < 4.78 is 1.08. The zero-order valence-corrected chi connectivity index (χ0v) is 13.7. The van der Waals surface area contributed by atoms with Crippen LogP contribution in [0.1, 0.15) is 70.6 Å². The molecule has 0 heterocycles. The van der Waals surface area contributed by atoms with Crippen molar-refractivity contribution in [3.63, 3.8) is 0 Å². The Labute approximate surface area is 125 Å². The van der Waals surface area contributed by atoms with Crippen LogP contribution in [0.5, 0.6) is 0 Å². The summed E-state index contributed by atoms with van der Waals surface area (Å²) in [5, 5.41) is 8.51. The van der Waals surface area contributed by atoms with Gasteiger partial charge in [-0.25, -0.2) is 0 Å². The van der Waals surface area contributed by atoms with Gasteiger partial charge in [-0.15, -0.1) is 0 Å². The van der Waals surface area contributed by atoms with E-state index in [9.17, 15) is 4.79 Å². The number of aliphatic carboxylic acids is 1. The number of unbranched alkanes of at least 4 members (excludes halogenated alkanes) is 9. The number of hydrogen-bond donors (Lipinski definition) is 1. The fourth-order valence-corrected chi connectivity index (χ4v) is 2.28. The van der Waals surface area contributed by atoms with Crippen molar-refractivity contribution in [1.29, 1.82) is 0 Å². The number of carboxylic acids is 1. The molecule has 0 saturated carbocycles. The van der Waals surface area contributed by atoms with Crippen LogP contribution >= 0.6 is 0 Å². The standard InChI is InChI=1S/C16H33NO2.H2O/c1-17(2,3)15-13-11-9-7-5-4-6-8-10-12-14-16(18)19;/h4-15H2,1-3H3;1H2. The van der Waals surface area contributed by atoms with Crippen LogP contribution < -0.4 is 0 Å². The van der Waals surface area contributed by atoms with Crippen molar-refractivity contribution in [1.82, 2.24) is 0 Å². The largest absolute Gasteiger partial charge is 0.870 e. The third-order valence-electron chi connectivity index (χ3n) is 3.47. The molecule has 0 amide bonds. The zero-order valence-electron chi connectivity index (χ0n) is 13.7. The van der Waals surface area contributed by atoms with Gasteiger partial charge >= 0.3 is 5.97 Å². The van der Waals surface area contributed by atoms with E-state index in [4.69, 9.17) is 5.11 Å². The third kappa shape index (κ3) is 19.7. The average Bonchev–Trinajstić information content (AvgIpc) is 2.28. The summed E-state index contributed by atoms with van der Waals surface area (Å²) in [6.45, 7) is 1.28. The molecule has 2 N–H and O–H groups in total. The van der Waals surface area contributed by atoms with Crippen LogP contribution in [-0.2, 0) is 4.79 Å². The predicted molar refractivity (Wildman–Crippen MR) is 83.3 cm³/mol. The minimum absolute atomic E-state index is 0. The molecule has 4 nitrogen and oxygen atoms in total. The van der Waals surface area contributed by atoms with Crippen molar-refractivity contribution < 1.29 is 19.9 Å². The van der Waals surface area contributed by atoms with Crippen LogP contribution in [0.3, 0.4) is 0 Å². The first-order chi connectivity index (χ1) is 8.92. The summed E-state index contributed by atoms with van der Waals surface area (Å²) in [6, 6.07) is 0. The molecule has 0 bridgehead atoms. The topological polar surface area (TPSA) is 67.3 Å². The first-order valence-corrected chi connectivity index (χ1v) is 7.94. The first-order valence-electron chi connectivity index (χ1n) is 7.94. The molecule has 122 valence electrons. The van der Waals surface area contributed by atoms with E-state index >= 15 is 0 Å². The van der Waals surface area contributed by atoms with E-state index in [0.717, 1.165) is 17.3 Å². The molecule has 0 aromatic rings. The van der Waals surface area contributed by atoms with E-state index in [2.05, 4.69) is 21.1 Å². The SMILES string of the molecule is C[N+](C)(C)CCCCCCCCCCCCC(=O)O.[OH-].